The van der Waals surface area contributed by atoms with Gasteiger partial charge in [-0.05, 0) is 25.1 Å². The number of aryl methyl sites for hydroxylation is 1. The zero-order valence-electron chi connectivity index (χ0n) is 17.2. The summed E-state index contributed by atoms with van der Waals surface area (Å²) in [7, 11) is 0. The number of hydrogen-bond acceptors (Lipinski definition) is 6. The van der Waals surface area contributed by atoms with E-state index in [1.54, 1.807) is 19.1 Å². The third kappa shape index (κ3) is 3.65. The molecule has 1 amide bonds. The lowest BCUT2D eigenvalue weighted by Crippen LogP contribution is -2.22. The van der Waals surface area contributed by atoms with Crippen molar-refractivity contribution in [1.82, 2.24) is 39.1 Å². The minimum absolute atomic E-state index is 0.0679. The van der Waals surface area contributed by atoms with Crippen LogP contribution in [0.2, 0.25) is 5.02 Å². The van der Waals surface area contributed by atoms with Gasteiger partial charge in [-0.1, -0.05) is 17.7 Å². The van der Waals surface area contributed by atoms with Gasteiger partial charge in [-0.15, -0.1) is 4.80 Å². The molecule has 0 saturated heterocycles. The largest absolute Gasteiger partial charge is 0.434 e. The second-order valence-electron chi connectivity index (χ2n) is 7.06. The predicted octanol–water partition coefficient (Wildman–Crippen LogP) is 3.73. The van der Waals surface area contributed by atoms with Crippen molar-refractivity contribution >= 4 is 28.8 Å². The van der Waals surface area contributed by atoms with Crippen molar-refractivity contribution in [2.45, 2.75) is 13.1 Å². The Bertz CT molecular complexity index is 1520. The summed E-state index contributed by atoms with van der Waals surface area (Å²) >= 11 is 6.24. The maximum atomic E-state index is 14.1. The van der Waals surface area contributed by atoms with Crippen LogP contribution in [-0.2, 0) is 6.18 Å². The number of anilines is 1. The number of alkyl halides is 3. The van der Waals surface area contributed by atoms with Crippen molar-refractivity contribution in [2.75, 3.05) is 5.32 Å². The number of halogens is 4. The van der Waals surface area contributed by atoms with E-state index < -0.39 is 23.3 Å². The Morgan fingerprint density at radius 1 is 1.12 bits per heavy atom. The van der Waals surface area contributed by atoms with Crippen LogP contribution < -0.4 is 5.32 Å². The van der Waals surface area contributed by atoms with Crippen LogP contribution in [0.5, 0.6) is 0 Å². The van der Waals surface area contributed by atoms with E-state index in [9.17, 15) is 18.0 Å². The van der Waals surface area contributed by atoms with Gasteiger partial charge in [0.15, 0.2) is 11.5 Å². The summed E-state index contributed by atoms with van der Waals surface area (Å²) in [6.45, 7) is 1.56. The first kappa shape index (κ1) is 21.6. The number of fused-ring (bicyclic) bond motifs is 1. The SMILES string of the molecule is Cc1nc(-n2nccn2)c(Cl)cc1NC(=O)c1cnn(-c2cccc3nccn23)c1C(F)(F)F. The number of nitrogens with zero attached hydrogens (tertiary/aromatic N) is 8. The van der Waals surface area contributed by atoms with Crippen LogP contribution in [0, 0.1) is 6.92 Å². The molecule has 10 nitrogen and oxygen atoms in total. The van der Waals surface area contributed by atoms with Gasteiger partial charge in [0.1, 0.15) is 11.5 Å². The van der Waals surface area contributed by atoms with E-state index in [-0.39, 0.29) is 22.3 Å². The molecule has 5 heterocycles. The summed E-state index contributed by atoms with van der Waals surface area (Å²) in [5.41, 5.74) is -1.05. The Labute approximate surface area is 193 Å². The zero-order valence-corrected chi connectivity index (χ0v) is 17.9. The van der Waals surface area contributed by atoms with Crippen molar-refractivity contribution in [1.29, 1.82) is 0 Å². The molecule has 0 unspecified atom stereocenters. The van der Waals surface area contributed by atoms with Gasteiger partial charge < -0.3 is 5.32 Å². The summed E-state index contributed by atoms with van der Waals surface area (Å²) in [5.74, 6) is -0.750. The Balaban J connectivity index is 1.54. The van der Waals surface area contributed by atoms with Crippen LogP contribution in [0.1, 0.15) is 21.7 Å². The standard InChI is InChI=1S/C20H13ClF3N9O/c1-11-14(9-13(21)18(29-11)33-26-5-6-27-33)30-19(34)12-10-28-32(17(12)20(22,23)24)16-4-2-3-15-25-7-8-31(15)16/h2-10H,1H3,(H,30,34). The normalized spacial score (nSPS) is 11.8. The average Bonchev–Trinajstić information content (AvgIpc) is 3.55. The highest BCUT2D eigenvalue weighted by Crippen LogP contribution is 2.34. The summed E-state index contributed by atoms with van der Waals surface area (Å²) < 4.78 is 44.4. The maximum absolute atomic E-state index is 14.1. The van der Waals surface area contributed by atoms with Crippen LogP contribution in [0.25, 0.3) is 17.3 Å². The molecule has 1 N–H and O–H groups in total. The Kier molecular flexibility index (Phi) is 5.05. The van der Waals surface area contributed by atoms with E-state index in [1.807, 2.05) is 0 Å². The minimum Gasteiger partial charge on any atom is -0.320 e. The molecule has 14 heteroatoms. The Morgan fingerprint density at radius 2 is 1.88 bits per heavy atom. The topological polar surface area (TPSA) is 108 Å². The molecule has 0 aromatic carbocycles. The van der Waals surface area contributed by atoms with Crippen LogP contribution >= 0.6 is 11.6 Å². The van der Waals surface area contributed by atoms with Gasteiger partial charge in [0, 0.05) is 12.4 Å². The third-order valence-corrected chi connectivity index (χ3v) is 5.19. The second-order valence-corrected chi connectivity index (χ2v) is 7.46. The van der Waals surface area contributed by atoms with Gasteiger partial charge in [0.05, 0.1) is 40.6 Å². The maximum Gasteiger partial charge on any atom is 0.434 e. The molecule has 5 aromatic heterocycles. The molecule has 0 aliphatic carbocycles. The molecular formula is C20H13ClF3N9O. The number of nitrogens with one attached hydrogen (secondary N) is 1. The highest BCUT2D eigenvalue weighted by atomic mass is 35.5. The molecule has 0 radical (unpaired) electrons. The van der Waals surface area contributed by atoms with E-state index >= 15 is 0 Å². The van der Waals surface area contributed by atoms with Gasteiger partial charge >= 0.3 is 6.18 Å². The van der Waals surface area contributed by atoms with Crippen molar-refractivity contribution in [3.8, 4) is 11.6 Å². The highest BCUT2D eigenvalue weighted by molar-refractivity contribution is 6.32. The smallest absolute Gasteiger partial charge is 0.320 e. The van der Waals surface area contributed by atoms with Crippen molar-refractivity contribution in [3.63, 3.8) is 0 Å². The third-order valence-electron chi connectivity index (χ3n) is 4.91. The first-order valence-corrected chi connectivity index (χ1v) is 10.0. The average molecular weight is 488 g/mol. The van der Waals surface area contributed by atoms with Crippen molar-refractivity contribution < 1.29 is 18.0 Å². The van der Waals surface area contributed by atoms with Crippen molar-refractivity contribution in [2.24, 2.45) is 0 Å². The van der Waals surface area contributed by atoms with Gasteiger partial charge in [-0.25, -0.2) is 14.6 Å². The number of carbonyl (C=O) groups is 1. The van der Waals surface area contributed by atoms with E-state index in [0.29, 0.717) is 16.0 Å². The minimum atomic E-state index is -4.88. The molecule has 0 spiro atoms. The van der Waals surface area contributed by atoms with Crippen molar-refractivity contribution in [3.05, 3.63) is 77.2 Å². The lowest BCUT2D eigenvalue weighted by Gasteiger charge is -2.14. The fourth-order valence-electron chi connectivity index (χ4n) is 3.42. The van der Waals surface area contributed by atoms with Gasteiger partial charge in [0.25, 0.3) is 5.91 Å². The Morgan fingerprint density at radius 3 is 2.62 bits per heavy atom. The molecule has 5 aromatic rings. The number of aromatic nitrogens is 8. The van der Waals surface area contributed by atoms with Crippen LogP contribution in [0.15, 0.2) is 55.2 Å². The molecular weight excluding hydrogens is 475 g/mol. The van der Waals surface area contributed by atoms with E-state index in [1.165, 1.54) is 46.1 Å². The molecule has 0 atom stereocenters. The fourth-order valence-corrected chi connectivity index (χ4v) is 3.64. The van der Waals surface area contributed by atoms with E-state index in [0.717, 1.165) is 6.20 Å². The number of hydrogen-bond donors (Lipinski definition) is 1. The van der Waals surface area contributed by atoms with E-state index in [4.69, 9.17) is 11.6 Å². The molecule has 34 heavy (non-hydrogen) atoms. The number of pyridine rings is 2. The first-order valence-electron chi connectivity index (χ1n) is 9.67. The molecule has 0 saturated carbocycles. The van der Waals surface area contributed by atoms with Gasteiger partial charge in [-0.2, -0.15) is 28.5 Å². The summed E-state index contributed by atoms with van der Waals surface area (Å²) in [6, 6.07) is 5.99. The summed E-state index contributed by atoms with van der Waals surface area (Å²) in [5, 5.41) is 14.3. The number of rotatable bonds is 4. The van der Waals surface area contributed by atoms with Gasteiger partial charge in [-0.3, -0.25) is 9.20 Å². The van der Waals surface area contributed by atoms with Crippen LogP contribution in [0.4, 0.5) is 18.9 Å². The van der Waals surface area contributed by atoms with Crippen LogP contribution in [0.3, 0.4) is 0 Å². The molecule has 0 bridgehead atoms. The molecule has 0 aliphatic heterocycles. The molecule has 0 fully saturated rings. The number of imidazole rings is 1. The molecule has 0 aliphatic rings. The lowest BCUT2D eigenvalue weighted by molar-refractivity contribution is -0.143. The van der Waals surface area contributed by atoms with Gasteiger partial charge in [0.2, 0.25) is 0 Å². The quantitative estimate of drug-likeness (QED) is 0.414. The molecule has 5 rings (SSSR count). The Hall–Kier alpha value is -4.26. The highest BCUT2D eigenvalue weighted by Gasteiger charge is 2.41. The second kappa shape index (κ2) is 7.95. The lowest BCUT2D eigenvalue weighted by atomic mass is 10.2. The van der Waals surface area contributed by atoms with E-state index in [2.05, 4.69) is 30.6 Å². The number of carbonyl (C=O) groups excluding carboxylic acids is 1. The number of amides is 1. The summed E-state index contributed by atoms with van der Waals surface area (Å²) in [6.07, 6.45) is 1.80. The predicted molar refractivity (Wildman–Crippen MR) is 114 cm³/mol. The first-order chi connectivity index (χ1) is 16.2. The monoisotopic (exact) mass is 487 g/mol. The summed E-state index contributed by atoms with van der Waals surface area (Å²) in [4.78, 5) is 22.4. The molecule has 172 valence electrons. The van der Waals surface area contributed by atoms with Crippen LogP contribution in [-0.4, -0.2) is 45.1 Å². The zero-order chi connectivity index (χ0) is 24.0. The fraction of sp³-hybridized carbons (Fsp3) is 0.100.